The first-order valence-corrected chi connectivity index (χ1v) is 10.6. The summed E-state index contributed by atoms with van der Waals surface area (Å²) in [5.41, 5.74) is 1.32. The molecule has 1 N–H and O–H groups in total. The Hall–Kier alpha value is -2.12. The van der Waals surface area contributed by atoms with E-state index in [0.717, 1.165) is 17.8 Å². The lowest BCUT2D eigenvalue weighted by molar-refractivity contribution is -0.911. The maximum atomic E-state index is 12.9. The van der Waals surface area contributed by atoms with Crippen LogP contribution in [0.3, 0.4) is 0 Å². The lowest BCUT2D eigenvalue weighted by atomic mass is 10.1. The summed E-state index contributed by atoms with van der Waals surface area (Å²) in [6, 6.07) is 8.44. The Morgan fingerprint density at radius 3 is 2.59 bits per heavy atom. The fraction of sp³-hybridized carbons (Fsp3) is 0.500. The van der Waals surface area contributed by atoms with Crippen molar-refractivity contribution in [2.24, 2.45) is 7.05 Å². The van der Waals surface area contributed by atoms with Gasteiger partial charge >= 0.3 is 0 Å². The number of aryl methyl sites for hydroxylation is 1. The van der Waals surface area contributed by atoms with Crippen LogP contribution in [0.25, 0.3) is 0 Å². The van der Waals surface area contributed by atoms with Crippen LogP contribution in [0.2, 0.25) is 0 Å². The molecular weight excluding hydrogens is 360 g/mol. The van der Waals surface area contributed by atoms with E-state index in [9.17, 15) is 9.59 Å². The van der Waals surface area contributed by atoms with Crippen molar-refractivity contribution in [3.8, 4) is 0 Å². The minimum absolute atomic E-state index is 0.0889. The SMILES string of the molecule is Cn1cccc1[C@H]1CCC[NH+]1CC(=O)N1CCN(C(=O)c2cccs2)CC1. The number of hydrogen-bond acceptors (Lipinski definition) is 3. The summed E-state index contributed by atoms with van der Waals surface area (Å²) >= 11 is 1.48. The number of carbonyl (C=O) groups is 2. The molecule has 4 rings (SSSR count). The second kappa shape index (κ2) is 7.86. The van der Waals surface area contributed by atoms with Crippen molar-refractivity contribution in [2.75, 3.05) is 39.3 Å². The Bertz CT molecular complexity index is 793. The third-order valence-electron chi connectivity index (χ3n) is 5.85. The zero-order valence-electron chi connectivity index (χ0n) is 15.8. The molecule has 0 saturated carbocycles. The highest BCUT2D eigenvalue weighted by Gasteiger charge is 2.35. The van der Waals surface area contributed by atoms with Gasteiger partial charge in [0.15, 0.2) is 6.54 Å². The van der Waals surface area contributed by atoms with Crippen molar-refractivity contribution in [3.63, 3.8) is 0 Å². The van der Waals surface area contributed by atoms with E-state index in [1.165, 1.54) is 28.4 Å². The normalized spacial score (nSPS) is 23.0. The van der Waals surface area contributed by atoms with E-state index >= 15 is 0 Å². The molecule has 2 aliphatic heterocycles. The molecule has 2 aromatic heterocycles. The van der Waals surface area contributed by atoms with Gasteiger partial charge in [-0.15, -0.1) is 11.3 Å². The Morgan fingerprint density at radius 1 is 1.15 bits per heavy atom. The van der Waals surface area contributed by atoms with Crippen molar-refractivity contribution >= 4 is 23.2 Å². The smallest absolute Gasteiger partial charge is 0.277 e. The molecule has 0 radical (unpaired) electrons. The van der Waals surface area contributed by atoms with E-state index in [0.29, 0.717) is 38.8 Å². The number of rotatable bonds is 4. The van der Waals surface area contributed by atoms with Crippen molar-refractivity contribution < 1.29 is 14.5 Å². The minimum atomic E-state index is 0.0889. The molecular formula is C20H27N4O2S+. The van der Waals surface area contributed by atoms with Crippen LogP contribution in [0.15, 0.2) is 35.8 Å². The number of thiophene rings is 1. The lowest BCUT2D eigenvalue weighted by Gasteiger charge is -2.35. The van der Waals surface area contributed by atoms with Gasteiger partial charge in [0.1, 0.15) is 6.04 Å². The second-order valence-corrected chi connectivity index (χ2v) is 8.42. The predicted molar refractivity (Wildman–Crippen MR) is 105 cm³/mol. The Labute approximate surface area is 164 Å². The van der Waals surface area contributed by atoms with Crippen molar-refractivity contribution in [1.82, 2.24) is 14.4 Å². The molecule has 2 saturated heterocycles. The van der Waals surface area contributed by atoms with Gasteiger partial charge in [0.2, 0.25) is 0 Å². The summed E-state index contributed by atoms with van der Waals surface area (Å²) in [6.45, 7) is 4.13. The van der Waals surface area contributed by atoms with E-state index in [1.54, 1.807) is 0 Å². The van der Waals surface area contributed by atoms with Gasteiger partial charge in [-0.25, -0.2) is 0 Å². The molecule has 7 heteroatoms. The Morgan fingerprint density at radius 2 is 1.93 bits per heavy atom. The van der Waals surface area contributed by atoms with Crippen molar-refractivity contribution in [1.29, 1.82) is 0 Å². The first-order valence-electron chi connectivity index (χ1n) is 9.70. The van der Waals surface area contributed by atoms with Crippen LogP contribution in [-0.4, -0.2) is 65.4 Å². The average molecular weight is 388 g/mol. The number of quaternary nitrogens is 1. The van der Waals surface area contributed by atoms with Gasteiger partial charge in [0.25, 0.3) is 11.8 Å². The monoisotopic (exact) mass is 387 g/mol. The van der Waals surface area contributed by atoms with Crippen LogP contribution in [-0.2, 0) is 11.8 Å². The largest absolute Gasteiger partial charge is 0.350 e. The van der Waals surface area contributed by atoms with Crippen molar-refractivity contribution in [3.05, 3.63) is 46.4 Å². The van der Waals surface area contributed by atoms with Crippen LogP contribution < -0.4 is 4.90 Å². The fourth-order valence-electron chi connectivity index (χ4n) is 4.34. The van der Waals surface area contributed by atoms with Crippen LogP contribution >= 0.6 is 11.3 Å². The summed E-state index contributed by atoms with van der Waals surface area (Å²) < 4.78 is 2.18. The predicted octanol–water partition coefficient (Wildman–Crippen LogP) is 0.791. The Balaban J connectivity index is 1.32. The molecule has 2 atom stereocenters. The molecule has 0 spiro atoms. The van der Waals surface area contributed by atoms with E-state index < -0.39 is 0 Å². The highest BCUT2D eigenvalue weighted by molar-refractivity contribution is 7.12. The third kappa shape index (κ3) is 3.80. The van der Waals surface area contributed by atoms with E-state index in [2.05, 4.69) is 29.9 Å². The van der Waals surface area contributed by atoms with Crippen molar-refractivity contribution in [2.45, 2.75) is 18.9 Å². The first kappa shape index (κ1) is 18.3. The number of piperazine rings is 1. The average Bonchev–Trinajstić information content (AvgIpc) is 3.43. The minimum Gasteiger partial charge on any atom is -0.350 e. The van der Waals surface area contributed by atoms with Crippen LogP contribution in [0.5, 0.6) is 0 Å². The summed E-state index contributed by atoms with van der Waals surface area (Å²) in [5, 5.41) is 1.93. The standard InChI is InChI=1S/C20H26N4O2S/c1-21-8-2-5-16(21)17-6-3-9-24(17)15-19(25)22-10-12-23(13-11-22)20(26)18-7-4-14-27-18/h2,4-5,7-8,14,17H,3,6,9-13,15H2,1H3/p+1/t17-/m1/s1. The molecule has 2 amide bonds. The molecule has 4 heterocycles. The van der Waals surface area contributed by atoms with Gasteiger partial charge in [0.05, 0.1) is 17.1 Å². The molecule has 27 heavy (non-hydrogen) atoms. The number of carbonyl (C=O) groups excluding carboxylic acids is 2. The molecule has 144 valence electrons. The number of nitrogens with zero attached hydrogens (tertiary/aromatic N) is 3. The molecule has 0 bridgehead atoms. The van der Waals surface area contributed by atoms with E-state index in [-0.39, 0.29) is 11.8 Å². The van der Waals surface area contributed by atoms with E-state index in [1.807, 2.05) is 27.3 Å². The lowest BCUT2D eigenvalue weighted by Crippen LogP contribution is -3.11. The van der Waals surface area contributed by atoms with Gasteiger partial charge in [0, 0.05) is 52.3 Å². The maximum Gasteiger partial charge on any atom is 0.277 e. The highest BCUT2D eigenvalue weighted by atomic mass is 32.1. The zero-order chi connectivity index (χ0) is 18.8. The van der Waals surface area contributed by atoms with Gasteiger partial charge < -0.3 is 19.3 Å². The maximum absolute atomic E-state index is 12.9. The van der Waals surface area contributed by atoms with E-state index in [4.69, 9.17) is 0 Å². The molecule has 2 aromatic rings. The first-order chi connectivity index (χ1) is 13.1. The molecule has 0 aliphatic carbocycles. The third-order valence-corrected chi connectivity index (χ3v) is 6.71. The zero-order valence-corrected chi connectivity index (χ0v) is 16.6. The Kier molecular flexibility index (Phi) is 5.31. The van der Waals surface area contributed by atoms with Crippen LogP contribution in [0, 0.1) is 0 Å². The fourth-order valence-corrected chi connectivity index (χ4v) is 5.03. The highest BCUT2D eigenvalue weighted by Crippen LogP contribution is 2.19. The van der Waals surface area contributed by atoms with Crippen LogP contribution in [0.4, 0.5) is 0 Å². The topological polar surface area (TPSA) is 50.0 Å². The summed E-state index contributed by atoms with van der Waals surface area (Å²) in [7, 11) is 2.08. The van der Waals surface area contributed by atoms with Gasteiger partial charge in [-0.05, 0) is 23.6 Å². The summed E-state index contributed by atoms with van der Waals surface area (Å²) in [6.07, 6.45) is 4.39. The summed E-state index contributed by atoms with van der Waals surface area (Å²) in [5.74, 6) is 0.306. The molecule has 1 unspecified atom stereocenters. The molecule has 0 aromatic carbocycles. The molecule has 6 nitrogen and oxygen atoms in total. The number of likely N-dealkylation sites (tertiary alicyclic amines) is 1. The van der Waals surface area contributed by atoms with Gasteiger partial charge in [-0.2, -0.15) is 0 Å². The number of nitrogens with one attached hydrogen (secondary N) is 1. The molecule has 2 aliphatic rings. The van der Waals surface area contributed by atoms with Gasteiger partial charge in [-0.3, -0.25) is 9.59 Å². The summed E-state index contributed by atoms with van der Waals surface area (Å²) in [4.78, 5) is 31.3. The number of hydrogen-bond donors (Lipinski definition) is 1. The number of aromatic nitrogens is 1. The molecule has 2 fully saturated rings. The number of amides is 2. The quantitative estimate of drug-likeness (QED) is 0.843. The van der Waals surface area contributed by atoms with Gasteiger partial charge in [-0.1, -0.05) is 6.07 Å². The second-order valence-electron chi connectivity index (χ2n) is 7.47. The van der Waals surface area contributed by atoms with Crippen LogP contribution in [0.1, 0.15) is 34.2 Å².